The van der Waals surface area contributed by atoms with Gasteiger partial charge in [-0.2, -0.15) is 13.2 Å². The fourth-order valence-electron chi connectivity index (χ4n) is 4.63. The van der Waals surface area contributed by atoms with Gasteiger partial charge in [0.25, 0.3) is 5.91 Å². The van der Waals surface area contributed by atoms with E-state index in [1.807, 2.05) is 0 Å². The summed E-state index contributed by atoms with van der Waals surface area (Å²) in [6.45, 7) is 2.42. The van der Waals surface area contributed by atoms with Crippen molar-refractivity contribution in [2.24, 2.45) is 11.7 Å². The largest absolute Gasteiger partial charge is 0.495 e. The number of rotatable bonds is 4. The van der Waals surface area contributed by atoms with Crippen LogP contribution in [0.1, 0.15) is 47.6 Å². The molecule has 4 rings (SSSR count). The van der Waals surface area contributed by atoms with Crippen LogP contribution in [0.3, 0.4) is 0 Å². The number of amides is 1. The Morgan fingerprint density at radius 2 is 2.03 bits per heavy atom. The van der Waals surface area contributed by atoms with Gasteiger partial charge in [0.2, 0.25) is 0 Å². The van der Waals surface area contributed by atoms with Crippen molar-refractivity contribution in [1.29, 1.82) is 0 Å². The van der Waals surface area contributed by atoms with E-state index in [1.54, 1.807) is 18.2 Å². The van der Waals surface area contributed by atoms with Gasteiger partial charge in [0.15, 0.2) is 11.0 Å². The van der Waals surface area contributed by atoms with Gasteiger partial charge in [-0.1, -0.05) is 30.7 Å². The van der Waals surface area contributed by atoms with Gasteiger partial charge in [-0.25, -0.2) is 0 Å². The van der Waals surface area contributed by atoms with Crippen molar-refractivity contribution in [3.8, 4) is 5.75 Å². The number of hydrogen-bond acceptors (Lipinski definition) is 5. The molecule has 1 fully saturated rings. The normalized spacial score (nSPS) is 25.0. The third-order valence-electron chi connectivity index (χ3n) is 6.53. The Kier molecular flexibility index (Phi) is 5.85. The maximum absolute atomic E-state index is 14.2. The molecule has 11 heteroatoms. The molecule has 1 aromatic carbocycles. The Morgan fingerprint density at radius 1 is 1.32 bits per heavy atom. The fourth-order valence-corrected chi connectivity index (χ4v) is 4.89. The number of halogens is 4. The number of para-hydroxylation sites is 1. The van der Waals surface area contributed by atoms with Gasteiger partial charge >= 0.3 is 6.18 Å². The molecular formula is C23H21ClF3N3O4. The molecule has 0 bridgehead atoms. The summed E-state index contributed by atoms with van der Waals surface area (Å²) in [5, 5.41) is 0.177. The Labute approximate surface area is 197 Å². The highest BCUT2D eigenvalue weighted by molar-refractivity contribution is 6.32. The Balaban J connectivity index is 1.97. The maximum atomic E-state index is 14.2. The molecule has 4 atom stereocenters. The lowest BCUT2D eigenvalue weighted by Crippen LogP contribution is -2.46. The zero-order valence-electron chi connectivity index (χ0n) is 18.4. The van der Waals surface area contributed by atoms with Gasteiger partial charge in [0.05, 0.1) is 23.0 Å². The number of aromatic amines is 1. The smallest absolute Gasteiger partial charge is 0.417 e. The number of primary amides is 1. The quantitative estimate of drug-likeness (QED) is 0.554. The van der Waals surface area contributed by atoms with Crippen molar-refractivity contribution in [3.63, 3.8) is 0 Å². The monoisotopic (exact) mass is 495 g/mol. The van der Waals surface area contributed by atoms with Gasteiger partial charge in [-0.15, -0.1) is 0 Å². The molecule has 0 saturated carbocycles. The van der Waals surface area contributed by atoms with Crippen LogP contribution in [0.4, 0.5) is 13.2 Å². The van der Waals surface area contributed by atoms with Crippen LogP contribution in [0.15, 0.2) is 41.3 Å². The SMILES string of the molecule is COc1c(Cl)cccc1[C@H]1[C@H](c2cc(=O)c3c(C(N)=O)nccc3[nH]2)O[C@@](C)(C(F)(F)F)[C@H]1C. The van der Waals surface area contributed by atoms with Crippen molar-refractivity contribution >= 4 is 28.4 Å². The third-order valence-corrected chi connectivity index (χ3v) is 6.83. The van der Waals surface area contributed by atoms with Crippen molar-refractivity contribution in [2.75, 3.05) is 7.11 Å². The number of carbonyl (C=O) groups excluding carboxylic acids is 1. The zero-order valence-corrected chi connectivity index (χ0v) is 19.1. The molecule has 0 aliphatic carbocycles. The van der Waals surface area contributed by atoms with Crippen LogP contribution in [0, 0.1) is 5.92 Å². The van der Waals surface area contributed by atoms with Crippen LogP contribution >= 0.6 is 11.6 Å². The number of benzene rings is 1. The number of hydrogen-bond donors (Lipinski definition) is 2. The molecule has 1 aliphatic rings. The zero-order chi connectivity index (χ0) is 25.0. The summed E-state index contributed by atoms with van der Waals surface area (Å²) in [6, 6.07) is 7.35. The molecule has 0 spiro atoms. The number of pyridine rings is 2. The molecule has 1 amide bonds. The predicted molar refractivity (Wildman–Crippen MR) is 119 cm³/mol. The number of H-pyrrole nitrogens is 1. The number of alkyl halides is 3. The molecule has 1 saturated heterocycles. The maximum Gasteiger partial charge on any atom is 0.417 e. The lowest BCUT2D eigenvalue weighted by Gasteiger charge is -2.32. The van der Waals surface area contributed by atoms with E-state index in [4.69, 9.17) is 26.8 Å². The number of nitrogens with two attached hydrogens (primary N) is 1. The molecule has 3 aromatic rings. The van der Waals surface area contributed by atoms with Crippen molar-refractivity contribution < 1.29 is 27.4 Å². The summed E-state index contributed by atoms with van der Waals surface area (Å²) in [5.74, 6) is -2.64. The average molecular weight is 496 g/mol. The fraction of sp³-hybridized carbons (Fsp3) is 0.348. The molecule has 2 aromatic heterocycles. The van der Waals surface area contributed by atoms with E-state index < -0.39 is 41.1 Å². The minimum absolute atomic E-state index is 0.0553. The number of nitrogens with one attached hydrogen (secondary N) is 1. The first-order valence-corrected chi connectivity index (χ1v) is 10.7. The topological polar surface area (TPSA) is 107 Å². The number of methoxy groups -OCH3 is 1. The number of carbonyl (C=O) groups is 1. The number of nitrogens with zero attached hydrogens (tertiary/aromatic N) is 1. The van der Waals surface area contributed by atoms with Crippen LogP contribution in [0.25, 0.3) is 10.9 Å². The highest BCUT2D eigenvalue weighted by atomic mass is 35.5. The second kappa shape index (κ2) is 8.28. The van der Waals surface area contributed by atoms with Crippen molar-refractivity contribution in [2.45, 2.75) is 37.6 Å². The average Bonchev–Trinajstić information content (AvgIpc) is 3.04. The summed E-state index contributed by atoms with van der Waals surface area (Å²) in [5.41, 5.74) is 2.64. The number of fused-ring (bicyclic) bond motifs is 1. The Hall–Kier alpha value is -3.11. The summed E-state index contributed by atoms with van der Waals surface area (Å²) >= 11 is 6.26. The molecular weight excluding hydrogens is 475 g/mol. The minimum atomic E-state index is -4.70. The van der Waals surface area contributed by atoms with E-state index in [2.05, 4.69) is 9.97 Å². The molecule has 3 heterocycles. The van der Waals surface area contributed by atoms with Gasteiger partial charge in [-0.05, 0) is 19.1 Å². The predicted octanol–water partition coefficient (Wildman–Crippen LogP) is 4.50. The van der Waals surface area contributed by atoms with E-state index in [1.165, 1.54) is 26.3 Å². The highest BCUT2D eigenvalue weighted by Crippen LogP contribution is 2.59. The Morgan fingerprint density at radius 3 is 2.65 bits per heavy atom. The second-order valence-electron chi connectivity index (χ2n) is 8.36. The van der Waals surface area contributed by atoms with Gasteiger partial charge < -0.3 is 20.2 Å². The van der Waals surface area contributed by atoms with E-state index in [0.717, 1.165) is 13.0 Å². The number of aromatic nitrogens is 2. The summed E-state index contributed by atoms with van der Waals surface area (Å²) in [7, 11) is 1.37. The van der Waals surface area contributed by atoms with E-state index in [9.17, 15) is 22.8 Å². The van der Waals surface area contributed by atoms with Gasteiger partial charge in [0, 0.05) is 35.4 Å². The molecule has 3 N–H and O–H groups in total. The van der Waals surface area contributed by atoms with Crippen LogP contribution in [0.2, 0.25) is 5.02 Å². The number of ether oxygens (including phenoxy) is 2. The van der Waals surface area contributed by atoms with E-state index >= 15 is 0 Å². The van der Waals surface area contributed by atoms with E-state index in [-0.39, 0.29) is 33.1 Å². The second-order valence-corrected chi connectivity index (χ2v) is 8.76. The molecule has 7 nitrogen and oxygen atoms in total. The lowest BCUT2D eigenvalue weighted by atomic mass is 9.76. The van der Waals surface area contributed by atoms with Crippen molar-refractivity contribution in [1.82, 2.24) is 9.97 Å². The Bertz CT molecular complexity index is 1340. The van der Waals surface area contributed by atoms with Crippen molar-refractivity contribution in [3.05, 3.63) is 68.7 Å². The van der Waals surface area contributed by atoms with Gasteiger partial charge in [-0.3, -0.25) is 14.6 Å². The van der Waals surface area contributed by atoms with Gasteiger partial charge in [0.1, 0.15) is 17.5 Å². The first-order chi connectivity index (χ1) is 15.9. The lowest BCUT2D eigenvalue weighted by molar-refractivity contribution is -0.275. The molecule has 0 radical (unpaired) electrons. The molecule has 1 aliphatic heterocycles. The first kappa shape index (κ1) is 24.0. The molecule has 34 heavy (non-hydrogen) atoms. The van der Waals surface area contributed by atoms with Crippen LogP contribution in [0.5, 0.6) is 5.75 Å². The molecule has 180 valence electrons. The first-order valence-electron chi connectivity index (χ1n) is 10.3. The standard InChI is InChI=1S/C23H21ClF3N3O4/c1-10-16(11-5-4-6-12(24)19(11)33-3)20(34-22(10,2)23(25,26)27)14-9-15(31)17-13(30-14)7-8-29-18(17)21(28)32/h4-10,16,20H,1-3H3,(H2,28,32)(H,30,31)/t10-,16-,20-,22+/m0/s1. The summed E-state index contributed by atoms with van der Waals surface area (Å²) < 4.78 is 53.7. The van der Waals surface area contributed by atoms with Crippen LogP contribution in [-0.4, -0.2) is 34.8 Å². The van der Waals surface area contributed by atoms with Crippen LogP contribution < -0.4 is 15.9 Å². The molecule has 0 unspecified atom stereocenters. The highest BCUT2D eigenvalue weighted by Gasteiger charge is 2.65. The third kappa shape index (κ3) is 3.61. The minimum Gasteiger partial charge on any atom is -0.495 e. The van der Waals surface area contributed by atoms with E-state index in [0.29, 0.717) is 5.56 Å². The summed E-state index contributed by atoms with van der Waals surface area (Å²) in [6.07, 6.45) is -4.64. The van der Waals surface area contributed by atoms with Crippen LogP contribution in [-0.2, 0) is 4.74 Å². The summed E-state index contributed by atoms with van der Waals surface area (Å²) in [4.78, 5) is 31.5.